The van der Waals surface area contributed by atoms with Crippen LogP contribution in [-0.2, 0) is 15.7 Å². The summed E-state index contributed by atoms with van der Waals surface area (Å²) >= 11 is 0. The molecule has 1 aromatic heterocycles. The van der Waals surface area contributed by atoms with Gasteiger partial charge in [-0.05, 0) is 37.0 Å². The molecular weight excluding hydrogens is 316 g/mol. The highest BCUT2D eigenvalue weighted by molar-refractivity contribution is 5.96. The second-order valence-corrected chi connectivity index (χ2v) is 7.62. The van der Waals surface area contributed by atoms with Crippen molar-refractivity contribution in [3.05, 3.63) is 53.6 Å². The number of carbonyl (C=O) groups excluding carboxylic acids is 2. The van der Waals surface area contributed by atoms with Gasteiger partial charge in [-0.15, -0.1) is 0 Å². The number of hydrogen-bond acceptors (Lipinski definition) is 3. The summed E-state index contributed by atoms with van der Waals surface area (Å²) in [4.78, 5) is 31.4. The maximum atomic E-state index is 12.2. The zero-order valence-electron chi connectivity index (χ0n) is 15.4. The monoisotopic (exact) mass is 342 g/mol. The minimum absolute atomic E-state index is 0.0341. The van der Waals surface area contributed by atoms with Crippen LogP contribution in [0.2, 0.25) is 0 Å². The molecule has 2 rings (SSSR count). The van der Waals surface area contributed by atoms with E-state index >= 15 is 0 Å². The van der Waals surface area contributed by atoms with Crippen LogP contribution in [0, 0.1) is 0 Å². The normalized spacial score (nSPS) is 11.9. The van der Waals surface area contributed by atoms with Crippen LogP contribution < -0.4 is 10.6 Å². The summed E-state index contributed by atoms with van der Waals surface area (Å²) in [5, 5.41) is 5.49. The molecular formula is C19H26N4O2. The van der Waals surface area contributed by atoms with Gasteiger partial charge in [0.1, 0.15) is 5.82 Å². The van der Waals surface area contributed by atoms with Crippen molar-refractivity contribution in [3.8, 4) is 0 Å². The topological polar surface area (TPSA) is 86.9 Å². The Kier molecular flexibility index (Phi) is 5.30. The van der Waals surface area contributed by atoms with Crippen LogP contribution in [0.25, 0.3) is 0 Å². The molecule has 0 unspecified atom stereocenters. The van der Waals surface area contributed by atoms with E-state index < -0.39 is 5.54 Å². The van der Waals surface area contributed by atoms with E-state index in [1.54, 1.807) is 24.5 Å². The van der Waals surface area contributed by atoms with Gasteiger partial charge in [0.15, 0.2) is 0 Å². The fourth-order valence-electron chi connectivity index (χ4n) is 2.44. The van der Waals surface area contributed by atoms with E-state index in [9.17, 15) is 9.59 Å². The predicted octanol–water partition coefficient (Wildman–Crippen LogP) is 2.49. The number of benzene rings is 1. The molecule has 1 aromatic carbocycles. The highest BCUT2D eigenvalue weighted by Gasteiger charge is 2.25. The minimum atomic E-state index is -0.639. The van der Waals surface area contributed by atoms with Gasteiger partial charge >= 0.3 is 0 Å². The van der Waals surface area contributed by atoms with E-state index in [0.717, 1.165) is 5.56 Å². The Hall–Kier alpha value is -2.63. The lowest BCUT2D eigenvalue weighted by molar-refractivity contribution is -0.121. The molecule has 0 atom stereocenters. The first-order valence-corrected chi connectivity index (χ1v) is 8.29. The lowest BCUT2D eigenvalue weighted by Crippen LogP contribution is -2.46. The standard InChI is InChI=1S/C19H26N4O2/c1-18(2,3)14-8-6-13(7-9-14)16(25)22-12-15(24)23-19(4,5)17-20-10-11-21-17/h6-11H,12H2,1-5H3,(H,20,21)(H,22,25)(H,23,24). The summed E-state index contributed by atoms with van der Waals surface area (Å²) in [6, 6.07) is 7.44. The Labute approximate surface area is 148 Å². The van der Waals surface area contributed by atoms with Crippen LogP contribution in [-0.4, -0.2) is 28.3 Å². The summed E-state index contributed by atoms with van der Waals surface area (Å²) < 4.78 is 0. The molecule has 0 spiro atoms. The summed E-state index contributed by atoms with van der Waals surface area (Å²) in [5.41, 5.74) is 1.08. The largest absolute Gasteiger partial charge is 0.347 e. The molecule has 1 heterocycles. The molecule has 0 saturated heterocycles. The van der Waals surface area contributed by atoms with Crippen LogP contribution in [0.1, 0.15) is 56.4 Å². The van der Waals surface area contributed by atoms with Crippen LogP contribution >= 0.6 is 0 Å². The second-order valence-electron chi connectivity index (χ2n) is 7.62. The molecule has 0 aliphatic heterocycles. The maximum absolute atomic E-state index is 12.2. The van der Waals surface area contributed by atoms with Crippen LogP contribution in [0.3, 0.4) is 0 Å². The molecule has 3 N–H and O–H groups in total. The average molecular weight is 342 g/mol. The summed E-state index contributed by atoms with van der Waals surface area (Å²) in [6.07, 6.45) is 3.33. The number of aromatic amines is 1. The van der Waals surface area contributed by atoms with Crippen molar-refractivity contribution >= 4 is 11.8 Å². The zero-order chi connectivity index (χ0) is 18.7. The quantitative estimate of drug-likeness (QED) is 0.780. The highest BCUT2D eigenvalue weighted by Crippen LogP contribution is 2.22. The Morgan fingerprint density at radius 3 is 2.24 bits per heavy atom. The maximum Gasteiger partial charge on any atom is 0.251 e. The molecule has 0 aliphatic carbocycles. The van der Waals surface area contributed by atoms with E-state index in [2.05, 4.69) is 41.4 Å². The molecule has 25 heavy (non-hydrogen) atoms. The van der Waals surface area contributed by atoms with Gasteiger partial charge in [-0.2, -0.15) is 0 Å². The van der Waals surface area contributed by atoms with Gasteiger partial charge < -0.3 is 15.6 Å². The third-order valence-corrected chi connectivity index (χ3v) is 3.96. The first-order valence-electron chi connectivity index (χ1n) is 8.29. The number of nitrogens with one attached hydrogen (secondary N) is 3. The van der Waals surface area contributed by atoms with Crippen molar-refractivity contribution in [1.82, 2.24) is 20.6 Å². The lowest BCUT2D eigenvalue weighted by Gasteiger charge is -2.24. The summed E-state index contributed by atoms with van der Waals surface area (Å²) in [5.74, 6) is 0.109. The Morgan fingerprint density at radius 2 is 1.72 bits per heavy atom. The number of imidazole rings is 1. The fourth-order valence-corrected chi connectivity index (χ4v) is 2.44. The number of carbonyl (C=O) groups is 2. The Morgan fingerprint density at radius 1 is 1.08 bits per heavy atom. The van der Waals surface area contributed by atoms with Crippen molar-refractivity contribution in [2.75, 3.05) is 6.54 Å². The number of hydrogen-bond donors (Lipinski definition) is 3. The van der Waals surface area contributed by atoms with Gasteiger partial charge in [0, 0.05) is 18.0 Å². The number of amides is 2. The number of H-pyrrole nitrogens is 1. The van der Waals surface area contributed by atoms with E-state index in [1.165, 1.54) is 0 Å². The average Bonchev–Trinajstić information content (AvgIpc) is 3.07. The van der Waals surface area contributed by atoms with Crippen LogP contribution in [0.15, 0.2) is 36.7 Å². The van der Waals surface area contributed by atoms with Gasteiger partial charge in [-0.3, -0.25) is 9.59 Å². The molecule has 0 saturated carbocycles. The van der Waals surface area contributed by atoms with Crippen molar-refractivity contribution < 1.29 is 9.59 Å². The van der Waals surface area contributed by atoms with Gasteiger partial charge in [0.05, 0.1) is 12.1 Å². The van der Waals surface area contributed by atoms with Gasteiger partial charge in [-0.1, -0.05) is 32.9 Å². The molecule has 2 aromatic rings. The van der Waals surface area contributed by atoms with Crippen molar-refractivity contribution in [3.63, 3.8) is 0 Å². The summed E-state index contributed by atoms with van der Waals surface area (Å²) in [6.45, 7) is 9.95. The van der Waals surface area contributed by atoms with E-state index in [0.29, 0.717) is 11.4 Å². The highest BCUT2D eigenvalue weighted by atomic mass is 16.2. The van der Waals surface area contributed by atoms with Crippen molar-refractivity contribution in [1.29, 1.82) is 0 Å². The predicted molar refractivity (Wildman–Crippen MR) is 97.2 cm³/mol. The molecule has 0 fully saturated rings. The Balaban J connectivity index is 1.90. The second kappa shape index (κ2) is 7.09. The van der Waals surface area contributed by atoms with E-state index in [-0.39, 0.29) is 23.8 Å². The van der Waals surface area contributed by atoms with Gasteiger partial charge in [0.2, 0.25) is 5.91 Å². The Bertz CT molecular complexity index is 726. The van der Waals surface area contributed by atoms with E-state index in [4.69, 9.17) is 0 Å². The molecule has 6 heteroatoms. The molecule has 2 amide bonds. The third kappa shape index (κ3) is 4.92. The number of rotatable bonds is 5. The molecule has 134 valence electrons. The van der Waals surface area contributed by atoms with E-state index in [1.807, 2.05) is 26.0 Å². The third-order valence-electron chi connectivity index (χ3n) is 3.96. The van der Waals surface area contributed by atoms with Crippen LogP contribution in [0.4, 0.5) is 0 Å². The van der Waals surface area contributed by atoms with Gasteiger partial charge in [0.25, 0.3) is 5.91 Å². The smallest absolute Gasteiger partial charge is 0.251 e. The molecule has 6 nitrogen and oxygen atoms in total. The van der Waals surface area contributed by atoms with Crippen LogP contribution in [0.5, 0.6) is 0 Å². The lowest BCUT2D eigenvalue weighted by atomic mass is 9.87. The zero-order valence-corrected chi connectivity index (χ0v) is 15.4. The first-order chi connectivity index (χ1) is 11.6. The minimum Gasteiger partial charge on any atom is -0.347 e. The molecule has 0 bridgehead atoms. The number of aromatic nitrogens is 2. The van der Waals surface area contributed by atoms with Gasteiger partial charge in [-0.25, -0.2) is 4.98 Å². The summed E-state index contributed by atoms with van der Waals surface area (Å²) in [7, 11) is 0. The molecule has 0 aliphatic rings. The fraction of sp³-hybridized carbons (Fsp3) is 0.421. The number of nitrogens with zero attached hydrogens (tertiary/aromatic N) is 1. The SMILES string of the molecule is CC(C)(C)c1ccc(C(=O)NCC(=O)NC(C)(C)c2ncc[nH]2)cc1. The van der Waals surface area contributed by atoms with Crippen molar-refractivity contribution in [2.24, 2.45) is 0 Å². The first kappa shape index (κ1) is 18.7. The molecule has 0 radical (unpaired) electrons. The van der Waals surface area contributed by atoms with Crippen molar-refractivity contribution in [2.45, 2.75) is 45.6 Å².